The van der Waals surface area contributed by atoms with Gasteiger partial charge in [-0.3, -0.25) is 0 Å². The van der Waals surface area contributed by atoms with Gasteiger partial charge in [0.1, 0.15) is 11.9 Å². The van der Waals surface area contributed by atoms with Crippen molar-refractivity contribution in [1.82, 2.24) is 5.32 Å². The van der Waals surface area contributed by atoms with Crippen molar-refractivity contribution in [2.75, 3.05) is 6.54 Å². The van der Waals surface area contributed by atoms with Gasteiger partial charge >= 0.3 is 0 Å². The molecule has 0 spiro atoms. The molecule has 1 N–H and O–H groups in total. The van der Waals surface area contributed by atoms with Crippen LogP contribution in [0, 0.1) is 0 Å². The summed E-state index contributed by atoms with van der Waals surface area (Å²) in [7, 11) is 0. The molecule has 1 aromatic rings. The molecule has 0 fully saturated rings. The lowest BCUT2D eigenvalue weighted by Gasteiger charge is -2.14. The van der Waals surface area contributed by atoms with Crippen molar-refractivity contribution < 1.29 is 4.74 Å². The van der Waals surface area contributed by atoms with Crippen molar-refractivity contribution in [3.05, 3.63) is 28.8 Å². The molecule has 0 bridgehead atoms. The largest absolute Gasteiger partial charge is 0.487 e. The number of fused-ring (bicyclic) bond motifs is 1. The Bertz CT molecular complexity index is 351. The minimum Gasteiger partial charge on any atom is -0.487 e. The molecule has 2 rings (SSSR count). The van der Waals surface area contributed by atoms with Gasteiger partial charge in [0.25, 0.3) is 0 Å². The van der Waals surface area contributed by atoms with Gasteiger partial charge in [-0.25, -0.2) is 0 Å². The predicted octanol–water partition coefficient (Wildman–Crippen LogP) is 2.64. The molecule has 1 heterocycles. The molecule has 1 aromatic carbocycles. The topological polar surface area (TPSA) is 21.3 Å². The molecular weight excluding hydrogens is 210 g/mol. The van der Waals surface area contributed by atoms with E-state index in [-0.39, 0.29) is 6.10 Å². The average Bonchev–Trinajstić information content (AvgIpc) is 2.59. The molecule has 1 unspecified atom stereocenters. The number of hydrogen-bond acceptors (Lipinski definition) is 2. The van der Waals surface area contributed by atoms with E-state index in [4.69, 9.17) is 16.3 Å². The SMILES string of the molecule is CC(C)NCC1Cc2cccc(Cl)c2O1. The number of hydrogen-bond donors (Lipinski definition) is 1. The second-order valence-electron chi connectivity index (χ2n) is 4.24. The van der Waals surface area contributed by atoms with E-state index in [1.54, 1.807) is 0 Å². The van der Waals surface area contributed by atoms with Crippen LogP contribution in [0.3, 0.4) is 0 Å². The Morgan fingerprint density at radius 2 is 2.33 bits per heavy atom. The van der Waals surface area contributed by atoms with Crippen molar-refractivity contribution in [2.45, 2.75) is 32.4 Å². The fraction of sp³-hybridized carbons (Fsp3) is 0.500. The minimum absolute atomic E-state index is 0.224. The number of rotatable bonds is 3. The van der Waals surface area contributed by atoms with E-state index in [0.29, 0.717) is 6.04 Å². The number of para-hydroxylation sites is 1. The number of halogens is 1. The molecular formula is C12H16ClNO. The van der Waals surface area contributed by atoms with Crippen LogP contribution in [0.1, 0.15) is 19.4 Å². The first-order chi connectivity index (χ1) is 7.16. The molecule has 0 aromatic heterocycles. The monoisotopic (exact) mass is 225 g/mol. The number of nitrogens with one attached hydrogen (secondary N) is 1. The molecule has 0 saturated heterocycles. The van der Waals surface area contributed by atoms with Gasteiger partial charge < -0.3 is 10.1 Å². The molecule has 1 aliphatic rings. The van der Waals surface area contributed by atoms with Crippen molar-refractivity contribution in [2.24, 2.45) is 0 Å². The molecule has 0 aliphatic carbocycles. The van der Waals surface area contributed by atoms with Crippen LogP contribution in [-0.2, 0) is 6.42 Å². The van der Waals surface area contributed by atoms with Crippen LogP contribution in [0.2, 0.25) is 5.02 Å². The van der Waals surface area contributed by atoms with Gasteiger partial charge in [-0.2, -0.15) is 0 Å². The molecule has 0 saturated carbocycles. The van der Waals surface area contributed by atoms with Crippen LogP contribution in [-0.4, -0.2) is 18.7 Å². The third-order valence-corrected chi connectivity index (χ3v) is 2.83. The highest BCUT2D eigenvalue weighted by atomic mass is 35.5. The van der Waals surface area contributed by atoms with Gasteiger partial charge in [-0.15, -0.1) is 0 Å². The molecule has 1 atom stereocenters. The van der Waals surface area contributed by atoms with Crippen molar-refractivity contribution in [3.8, 4) is 5.75 Å². The maximum atomic E-state index is 6.05. The second kappa shape index (κ2) is 4.42. The summed E-state index contributed by atoms with van der Waals surface area (Å²) in [5.74, 6) is 0.870. The van der Waals surface area contributed by atoms with E-state index in [2.05, 4.69) is 25.2 Å². The summed E-state index contributed by atoms with van der Waals surface area (Å²) in [4.78, 5) is 0. The van der Waals surface area contributed by atoms with Gasteiger partial charge in [0.2, 0.25) is 0 Å². The van der Waals surface area contributed by atoms with Crippen molar-refractivity contribution in [1.29, 1.82) is 0 Å². The molecule has 15 heavy (non-hydrogen) atoms. The summed E-state index contributed by atoms with van der Waals surface area (Å²) >= 11 is 6.05. The Morgan fingerprint density at radius 3 is 3.00 bits per heavy atom. The molecule has 3 heteroatoms. The summed E-state index contributed by atoms with van der Waals surface area (Å²) in [5, 5.41) is 4.10. The highest BCUT2D eigenvalue weighted by Crippen LogP contribution is 2.35. The Balaban J connectivity index is 2.00. The van der Waals surface area contributed by atoms with Gasteiger partial charge in [0, 0.05) is 19.0 Å². The quantitative estimate of drug-likeness (QED) is 0.854. The Hall–Kier alpha value is -0.730. The third kappa shape index (κ3) is 2.44. The Morgan fingerprint density at radius 1 is 1.53 bits per heavy atom. The van der Waals surface area contributed by atoms with Crippen LogP contribution in [0.15, 0.2) is 18.2 Å². The number of benzene rings is 1. The van der Waals surface area contributed by atoms with Crippen LogP contribution in [0.4, 0.5) is 0 Å². The van der Waals surface area contributed by atoms with Crippen LogP contribution in [0.5, 0.6) is 5.75 Å². The highest BCUT2D eigenvalue weighted by molar-refractivity contribution is 6.32. The zero-order chi connectivity index (χ0) is 10.8. The fourth-order valence-corrected chi connectivity index (χ4v) is 2.02. The third-order valence-electron chi connectivity index (χ3n) is 2.53. The van der Waals surface area contributed by atoms with Crippen LogP contribution in [0.25, 0.3) is 0 Å². The summed E-state index contributed by atoms with van der Waals surface area (Å²) in [6.45, 7) is 5.15. The van der Waals surface area contributed by atoms with Crippen LogP contribution < -0.4 is 10.1 Å². The molecule has 0 amide bonds. The van der Waals surface area contributed by atoms with E-state index in [0.717, 1.165) is 23.7 Å². The summed E-state index contributed by atoms with van der Waals surface area (Å²) in [5.41, 5.74) is 1.22. The Kier molecular flexibility index (Phi) is 3.17. The lowest BCUT2D eigenvalue weighted by molar-refractivity contribution is 0.224. The van der Waals surface area contributed by atoms with E-state index in [1.165, 1.54) is 5.56 Å². The molecule has 0 radical (unpaired) electrons. The predicted molar refractivity (Wildman–Crippen MR) is 62.7 cm³/mol. The van der Waals surface area contributed by atoms with Gasteiger partial charge in [-0.1, -0.05) is 37.6 Å². The Labute approximate surface area is 95.6 Å². The first-order valence-electron chi connectivity index (χ1n) is 5.34. The lowest BCUT2D eigenvalue weighted by atomic mass is 10.1. The first-order valence-corrected chi connectivity index (χ1v) is 5.72. The maximum absolute atomic E-state index is 6.05. The van der Waals surface area contributed by atoms with E-state index in [9.17, 15) is 0 Å². The molecule has 1 aliphatic heterocycles. The second-order valence-corrected chi connectivity index (χ2v) is 4.64. The zero-order valence-electron chi connectivity index (χ0n) is 9.09. The first kappa shape index (κ1) is 10.8. The lowest BCUT2D eigenvalue weighted by Crippen LogP contribution is -2.34. The average molecular weight is 226 g/mol. The normalized spacial score (nSPS) is 19.1. The van der Waals surface area contributed by atoms with E-state index in [1.807, 2.05) is 12.1 Å². The standard InChI is InChI=1S/C12H16ClNO/c1-8(2)14-7-10-6-9-4-3-5-11(13)12(9)15-10/h3-5,8,10,14H,6-7H2,1-2H3. The van der Waals surface area contributed by atoms with Gasteiger partial charge in [0.05, 0.1) is 5.02 Å². The van der Waals surface area contributed by atoms with Crippen LogP contribution >= 0.6 is 11.6 Å². The molecule has 82 valence electrons. The van der Waals surface area contributed by atoms with Gasteiger partial charge in [-0.05, 0) is 11.6 Å². The summed E-state index contributed by atoms with van der Waals surface area (Å²) < 4.78 is 5.79. The summed E-state index contributed by atoms with van der Waals surface area (Å²) in [6, 6.07) is 6.42. The minimum atomic E-state index is 0.224. The smallest absolute Gasteiger partial charge is 0.141 e. The number of ether oxygens (including phenoxy) is 1. The van der Waals surface area contributed by atoms with Crippen molar-refractivity contribution in [3.63, 3.8) is 0 Å². The van der Waals surface area contributed by atoms with E-state index >= 15 is 0 Å². The fourth-order valence-electron chi connectivity index (χ4n) is 1.78. The van der Waals surface area contributed by atoms with E-state index < -0.39 is 0 Å². The zero-order valence-corrected chi connectivity index (χ0v) is 9.84. The van der Waals surface area contributed by atoms with Crippen molar-refractivity contribution >= 4 is 11.6 Å². The maximum Gasteiger partial charge on any atom is 0.141 e. The van der Waals surface area contributed by atoms with Gasteiger partial charge in [0.15, 0.2) is 0 Å². The molecule has 2 nitrogen and oxygen atoms in total. The highest BCUT2D eigenvalue weighted by Gasteiger charge is 2.24. The summed E-state index contributed by atoms with van der Waals surface area (Å²) in [6.07, 6.45) is 1.18.